The minimum atomic E-state index is -0.325. The number of fused-ring (bicyclic) bond motifs is 5. The minimum absolute atomic E-state index is 0.0604. The number of esters is 1. The highest BCUT2D eigenvalue weighted by Gasteiger charge is 2.65. The number of hydrogen-bond acceptors (Lipinski definition) is 3. The molecule has 0 amide bonds. The first-order valence-electron chi connectivity index (χ1n) is 10.8. The molecule has 0 saturated heterocycles. The molecule has 0 spiro atoms. The molecule has 0 N–H and O–H groups in total. The van der Waals surface area contributed by atoms with Gasteiger partial charge in [0.05, 0.1) is 8.75 Å². The number of hydrogen-bond donors (Lipinski definition) is 0. The first kappa shape index (κ1) is 21.3. The highest BCUT2D eigenvalue weighted by Crippen LogP contribution is 2.69. The van der Waals surface area contributed by atoms with Crippen LogP contribution in [0.2, 0.25) is 0 Å². The Morgan fingerprint density at radius 2 is 1.89 bits per heavy atom. The van der Waals surface area contributed by atoms with Crippen molar-refractivity contribution in [1.82, 2.24) is 0 Å². The second kappa shape index (κ2) is 7.35. The van der Waals surface area contributed by atoms with Gasteiger partial charge in [-0.3, -0.25) is 9.59 Å². The van der Waals surface area contributed by atoms with E-state index >= 15 is 0 Å². The first-order valence-corrected chi connectivity index (χ1v) is 13.1. The van der Waals surface area contributed by atoms with Crippen molar-refractivity contribution < 1.29 is 14.3 Å². The zero-order valence-corrected chi connectivity index (χ0v) is 21.0. The smallest absolute Gasteiger partial charge is 0.302 e. The van der Waals surface area contributed by atoms with E-state index in [0.29, 0.717) is 28.0 Å². The van der Waals surface area contributed by atoms with E-state index in [1.165, 1.54) is 25.3 Å². The van der Waals surface area contributed by atoms with Crippen LogP contribution in [0.1, 0.15) is 72.1 Å². The van der Waals surface area contributed by atoms with Crippen LogP contribution in [0.5, 0.6) is 0 Å². The molecule has 0 aromatic carbocycles. The van der Waals surface area contributed by atoms with E-state index in [2.05, 4.69) is 58.4 Å². The van der Waals surface area contributed by atoms with Crippen LogP contribution >= 0.6 is 38.5 Å². The van der Waals surface area contributed by atoms with E-state index in [-0.39, 0.29) is 27.2 Å². The van der Waals surface area contributed by atoms with Crippen molar-refractivity contribution in [2.75, 3.05) is 4.43 Å². The maximum atomic E-state index is 12.9. The predicted octanol–water partition coefficient (Wildman–Crippen LogP) is 6.02. The molecule has 28 heavy (non-hydrogen) atoms. The lowest BCUT2D eigenvalue weighted by atomic mass is 9.47. The molecule has 0 radical (unpaired) electrons. The molecule has 4 rings (SSSR count). The van der Waals surface area contributed by atoms with Gasteiger partial charge < -0.3 is 4.74 Å². The molecule has 3 nitrogen and oxygen atoms in total. The Morgan fingerprint density at radius 1 is 1.18 bits per heavy atom. The van der Waals surface area contributed by atoms with Crippen LogP contribution in [0.4, 0.5) is 0 Å². The van der Waals surface area contributed by atoms with Gasteiger partial charge in [-0.1, -0.05) is 64.0 Å². The zero-order chi connectivity index (χ0) is 20.3. The van der Waals surface area contributed by atoms with Gasteiger partial charge in [0, 0.05) is 13.3 Å². The Morgan fingerprint density at radius 3 is 2.57 bits per heavy atom. The highest BCUT2D eigenvalue weighted by atomic mass is 127. The molecular formula is C23H32BrIO3. The second-order valence-electron chi connectivity index (χ2n) is 10.1. The Kier molecular flexibility index (Phi) is 5.60. The van der Waals surface area contributed by atoms with Gasteiger partial charge in [0.15, 0.2) is 5.78 Å². The number of alkyl halides is 2. The molecule has 7 atom stereocenters. The number of ketones is 1. The molecule has 0 aliphatic heterocycles. The van der Waals surface area contributed by atoms with Crippen molar-refractivity contribution >= 4 is 50.3 Å². The molecule has 0 bridgehead atoms. The van der Waals surface area contributed by atoms with Gasteiger partial charge in [0.1, 0.15) is 6.10 Å². The van der Waals surface area contributed by atoms with E-state index in [4.69, 9.17) is 4.74 Å². The number of allylic oxidation sites excluding steroid dienone is 1. The van der Waals surface area contributed by atoms with E-state index < -0.39 is 0 Å². The summed E-state index contributed by atoms with van der Waals surface area (Å²) in [6, 6.07) is 0. The zero-order valence-electron chi connectivity index (χ0n) is 17.2. The minimum Gasteiger partial charge on any atom is -0.462 e. The van der Waals surface area contributed by atoms with Gasteiger partial charge in [-0.25, -0.2) is 0 Å². The number of halogens is 2. The van der Waals surface area contributed by atoms with Crippen LogP contribution in [0.25, 0.3) is 0 Å². The van der Waals surface area contributed by atoms with Gasteiger partial charge in [0.2, 0.25) is 0 Å². The summed E-state index contributed by atoms with van der Waals surface area (Å²) < 4.78 is 5.82. The van der Waals surface area contributed by atoms with Gasteiger partial charge in [0.25, 0.3) is 0 Å². The summed E-state index contributed by atoms with van der Waals surface area (Å²) in [7, 11) is 0. The molecule has 0 heterocycles. The third-order valence-corrected chi connectivity index (χ3v) is 11.5. The lowest BCUT2D eigenvalue weighted by Crippen LogP contribution is -2.55. The number of carbonyl (C=O) groups is 2. The SMILES string of the molecule is CC(=O)O[C@H]1CC[C@@]2(C)C(=CC[C@@H]3[C@@H]2CC[C@@]2(C)[C@H]3CC[C@]2(Br)C(=O)CI)C1. The quantitative estimate of drug-likeness (QED) is 0.183. The Balaban J connectivity index is 1.60. The van der Waals surface area contributed by atoms with Crippen molar-refractivity contribution in [3.63, 3.8) is 0 Å². The van der Waals surface area contributed by atoms with Crippen LogP contribution in [0, 0.1) is 28.6 Å². The molecule has 4 aliphatic carbocycles. The topological polar surface area (TPSA) is 43.4 Å². The number of Topliss-reactive ketones (excluding diaryl/α,β-unsaturated/α-hetero) is 1. The van der Waals surface area contributed by atoms with Crippen molar-refractivity contribution in [1.29, 1.82) is 0 Å². The molecule has 4 aliphatic rings. The normalized spacial score (nSPS) is 47.4. The van der Waals surface area contributed by atoms with Gasteiger partial charge >= 0.3 is 5.97 Å². The summed E-state index contributed by atoms with van der Waals surface area (Å²) in [5.74, 6) is 2.23. The number of ether oxygens (including phenoxy) is 1. The third kappa shape index (κ3) is 2.99. The van der Waals surface area contributed by atoms with Crippen molar-refractivity contribution in [3.05, 3.63) is 11.6 Å². The van der Waals surface area contributed by atoms with Gasteiger partial charge in [-0.05, 0) is 73.5 Å². The van der Waals surface area contributed by atoms with E-state index in [9.17, 15) is 9.59 Å². The first-order chi connectivity index (χ1) is 13.2. The maximum absolute atomic E-state index is 12.9. The van der Waals surface area contributed by atoms with Crippen molar-refractivity contribution in [3.8, 4) is 0 Å². The van der Waals surface area contributed by atoms with Crippen LogP contribution in [-0.2, 0) is 14.3 Å². The van der Waals surface area contributed by atoms with Crippen LogP contribution in [0.3, 0.4) is 0 Å². The van der Waals surface area contributed by atoms with Gasteiger partial charge in [-0.2, -0.15) is 0 Å². The van der Waals surface area contributed by atoms with Crippen LogP contribution < -0.4 is 0 Å². The third-order valence-electron chi connectivity index (χ3n) is 9.05. The molecule has 5 heteroatoms. The average Bonchev–Trinajstić information content (AvgIpc) is 2.93. The van der Waals surface area contributed by atoms with Gasteiger partial charge in [-0.15, -0.1) is 0 Å². The van der Waals surface area contributed by atoms with E-state index in [1.54, 1.807) is 0 Å². The average molecular weight is 563 g/mol. The summed E-state index contributed by atoms with van der Waals surface area (Å²) in [4.78, 5) is 24.3. The monoisotopic (exact) mass is 562 g/mol. The fourth-order valence-corrected chi connectivity index (χ4v) is 9.55. The van der Waals surface area contributed by atoms with E-state index in [0.717, 1.165) is 38.5 Å². The van der Waals surface area contributed by atoms with Crippen LogP contribution in [-0.4, -0.2) is 26.6 Å². The largest absolute Gasteiger partial charge is 0.462 e. The predicted molar refractivity (Wildman–Crippen MR) is 123 cm³/mol. The van der Waals surface area contributed by atoms with Crippen molar-refractivity contribution in [2.45, 2.75) is 82.6 Å². The Hall–Kier alpha value is 0.0900. The van der Waals surface area contributed by atoms with Crippen LogP contribution in [0.15, 0.2) is 11.6 Å². The molecule has 0 unspecified atom stereocenters. The number of rotatable bonds is 3. The highest BCUT2D eigenvalue weighted by molar-refractivity contribution is 14.1. The fraction of sp³-hybridized carbons (Fsp3) is 0.826. The Bertz CT molecular complexity index is 721. The van der Waals surface area contributed by atoms with Crippen molar-refractivity contribution in [2.24, 2.45) is 28.6 Å². The lowest BCUT2D eigenvalue weighted by molar-refractivity contribution is -0.148. The summed E-state index contributed by atoms with van der Waals surface area (Å²) in [5, 5.41) is 0. The number of carbonyl (C=O) groups excluding carboxylic acids is 2. The lowest BCUT2D eigenvalue weighted by Gasteiger charge is -2.59. The summed E-state index contributed by atoms with van der Waals surface area (Å²) in [6.07, 6.45) is 11.2. The molecular weight excluding hydrogens is 531 g/mol. The second-order valence-corrected chi connectivity index (χ2v) is 12.2. The molecule has 0 aromatic rings. The molecule has 3 fully saturated rings. The summed E-state index contributed by atoms with van der Waals surface area (Å²) >= 11 is 6.21. The maximum Gasteiger partial charge on any atom is 0.302 e. The molecule has 156 valence electrons. The Labute approximate surface area is 191 Å². The summed E-state index contributed by atoms with van der Waals surface area (Å²) in [6.45, 7) is 6.37. The summed E-state index contributed by atoms with van der Waals surface area (Å²) in [5.41, 5.74) is 1.85. The standard InChI is InChI=1S/C23H32BrIO3/c1-14(26)28-16-6-9-21(2)15(12-16)4-5-17-18(21)7-10-22(3)19(17)8-11-23(22,24)20(27)13-25/h4,16-19H,5-13H2,1-3H3/t16-,17+,18-,19-,21-,22-,23-/m0/s1. The fourth-order valence-electron chi connectivity index (χ4n) is 7.51. The van der Waals surface area contributed by atoms with E-state index in [1.807, 2.05) is 0 Å². The molecule has 3 saturated carbocycles. The molecule has 0 aromatic heterocycles.